The van der Waals surface area contributed by atoms with Gasteiger partial charge in [-0.1, -0.05) is 12.8 Å². The van der Waals surface area contributed by atoms with E-state index < -0.39 is 6.10 Å². The smallest absolute Gasteiger partial charge is 0.298 e. The van der Waals surface area contributed by atoms with E-state index in [2.05, 4.69) is 11.8 Å². The molecule has 1 aliphatic heterocycles. The van der Waals surface area contributed by atoms with Crippen LogP contribution in [0.2, 0.25) is 0 Å². The average molecular weight is 181 g/mol. The summed E-state index contributed by atoms with van der Waals surface area (Å²) < 4.78 is 0. The maximum absolute atomic E-state index is 11.3. The minimum Gasteiger partial charge on any atom is -0.391 e. The van der Waals surface area contributed by atoms with Crippen molar-refractivity contribution in [1.82, 2.24) is 4.90 Å². The summed E-state index contributed by atoms with van der Waals surface area (Å²) in [6.45, 7) is 4.78. The van der Waals surface area contributed by atoms with Crippen molar-refractivity contribution in [2.24, 2.45) is 5.92 Å². The first-order valence-corrected chi connectivity index (χ1v) is 4.55. The molecule has 0 aromatic carbocycles. The van der Waals surface area contributed by atoms with Gasteiger partial charge >= 0.3 is 0 Å². The number of carbonyl (C=O) groups is 1. The molecule has 0 aliphatic carbocycles. The number of carbonyl (C=O) groups excluding carboxylic acids is 1. The minimum atomic E-state index is -0.392. The molecule has 1 saturated heterocycles. The SMILES string of the molecule is CC#CC(=O)N1CCC(C)C(O)C1. The fourth-order valence-corrected chi connectivity index (χ4v) is 1.42. The van der Waals surface area contributed by atoms with Gasteiger partial charge in [0.15, 0.2) is 0 Å². The van der Waals surface area contributed by atoms with Crippen molar-refractivity contribution in [3.05, 3.63) is 0 Å². The molecule has 0 spiro atoms. The van der Waals surface area contributed by atoms with E-state index in [0.29, 0.717) is 19.0 Å². The molecule has 0 aromatic heterocycles. The number of rotatable bonds is 0. The van der Waals surface area contributed by atoms with Crippen LogP contribution in [0.25, 0.3) is 0 Å². The number of nitrogens with zero attached hydrogens (tertiary/aromatic N) is 1. The van der Waals surface area contributed by atoms with Gasteiger partial charge in [0, 0.05) is 13.1 Å². The zero-order valence-electron chi connectivity index (χ0n) is 8.08. The molecule has 1 fully saturated rings. The molecule has 13 heavy (non-hydrogen) atoms. The third-order valence-corrected chi connectivity index (χ3v) is 2.44. The molecule has 2 atom stereocenters. The fraction of sp³-hybridized carbons (Fsp3) is 0.700. The van der Waals surface area contributed by atoms with Gasteiger partial charge in [-0.3, -0.25) is 4.79 Å². The van der Waals surface area contributed by atoms with Crippen LogP contribution in [0.3, 0.4) is 0 Å². The molecule has 0 bridgehead atoms. The maximum atomic E-state index is 11.3. The second-order valence-electron chi connectivity index (χ2n) is 3.46. The summed E-state index contributed by atoms with van der Waals surface area (Å²) in [5.41, 5.74) is 0. The zero-order valence-corrected chi connectivity index (χ0v) is 8.08. The highest BCUT2D eigenvalue weighted by atomic mass is 16.3. The van der Waals surface area contributed by atoms with E-state index in [-0.39, 0.29) is 5.91 Å². The standard InChI is InChI=1S/C10H15NO2/c1-3-4-10(13)11-6-5-8(2)9(12)7-11/h8-9,12H,5-7H2,1-2H3. The molecule has 3 nitrogen and oxygen atoms in total. The number of piperidine rings is 1. The van der Waals surface area contributed by atoms with Crippen LogP contribution >= 0.6 is 0 Å². The lowest BCUT2D eigenvalue weighted by atomic mass is 9.96. The van der Waals surface area contributed by atoms with Crippen molar-refractivity contribution >= 4 is 5.91 Å². The highest BCUT2D eigenvalue weighted by molar-refractivity contribution is 5.93. The summed E-state index contributed by atoms with van der Waals surface area (Å²) in [6.07, 6.45) is 0.467. The summed E-state index contributed by atoms with van der Waals surface area (Å²) in [4.78, 5) is 12.9. The van der Waals surface area contributed by atoms with Crippen LogP contribution in [-0.2, 0) is 4.79 Å². The van der Waals surface area contributed by atoms with Crippen LogP contribution in [0.5, 0.6) is 0 Å². The Morgan fingerprint density at radius 2 is 2.31 bits per heavy atom. The van der Waals surface area contributed by atoms with E-state index >= 15 is 0 Å². The molecule has 0 saturated carbocycles. The Kier molecular flexibility index (Phi) is 3.32. The minimum absolute atomic E-state index is 0.173. The monoisotopic (exact) mass is 181 g/mol. The predicted octanol–water partition coefficient (Wildman–Crippen LogP) is 0.239. The van der Waals surface area contributed by atoms with Gasteiger partial charge in [-0.05, 0) is 25.2 Å². The molecule has 1 rings (SSSR count). The van der Waals surface area contributed by atoms with E-state index in [1.54, 1.807) is 11.8 Å². The molecule has 0 radical (unpaired) electrons. The molecular formula is C10H15NO2. The van der Waals surface area contributed by atoms with Gasteiger partial charge in [0.1, 0.15) is 0 Å². The molecule has 1 N–H and O–H groups in total. The summed E-state index contributed by atoms with van der Waals surface area (Å²) in [5, 5.41) is 9.52. The van der Waals surface area contributed by atoms with Crippen LogP contribution in [0.15, 0.2) is 0 Å². The first-order chi connectivity index (χ1) is 6.15. The molecule has 1 heterocycles. The summed E-state index contributed by atoms with van der Waals surface area (Å²) >= 11 is 0. The van der Waals surface area contributed by atoms with Gasteiger partial charge in [-0.15, -0.1) is 0 Å². The third-order valence-electron chi connectivity index (χ3n) is 2.44. The summed E-state index contributed by atoms with van der Waals surface area (Å²) in [6, 6.07) is 0. The van der Waals surface area contributed by atoms with E-state index in [1.165, 1.54) is 0 Å². The van der Waals surface area contributed by atoms with Gasteiger partial charge in [0.25, 0.3) is 5.91 Å². The van der Waals surface area contributed by atoms with Crippen molar-refractivity contribution in [2.45, 2.75) is 26.4 Å². The molecular weight excluding hydrogens is 166 g/mol. The van der Waals surface area contributed by atoms with Crippen LogP contribution in [0, 0.1) is 17.8 Å². The average Bonchev–Trinajstić information content (AvgIpc) is 2.10. The zero-order chi connectivity index (χ0) is 9.84. The quantitative estimate of drug-likeness (QED) is 0.544. The Balaban J connectivity index is 2.53. The summed E-state index contributed by atoms with van der Waals surface area (Å²) in [5.74, 6) is 5.16. The Labute approximate surface area is 78.7 Å². The van der Waals surface area contributed by atoms with Gasteiger partial charge in [0.2, 0.25) is 0 Å². The number of amides is 1. The molecule has 72 valence electrons. The fourth-order valence-electron chi connectivity index (χ4n) is 1.42. The van der Waals surface area contributed by atoms with Gasteiger partial charge in [-0.2, -0.15) is 0 Å². The first-order valence-electron chi connectivity index (χ1n) is 4.55. The second-order valence-corrected chi connectivity index (χ2v) is 3.46. The summed E-state index contributed by atoms with van der Waals surface area (Å²) in [7, 11) is 0. The van der Waals surface area contributed by atoms with E-state index in [0.717, 1.165) is 6.42 Å². The van der Waals surface area contributed by atoms with Crippen molar-refractivity contribution in [3.8, 4) is 11.8 Å². The van der Waals surface area contributed by atoms with Gasteiger partial charge < -0.3 is 10.0 Å². The normalized spacial score (nSPS) is 27.8. The lowest BCUT2D eigenvalue weighted by Crippen LogP contribution is -2.45. The molecule has 1 amide bonds. The first kappa shape index (κ1) is 10.1. The molecule has 0 aromatic rings. The van der Waals surface area contributed by atoms with Crippen LogP contribution in [0.4, 0.5) is 0 Å². The lowest BCUT2D eigenvalue weighted by molar-refractivity contribution is -0.129. The number of aliphatic hydroxyl groups is 1. The van der Waals surface area contributed by atoms with E-state index in [1.807, 2.05) is 6.92 Å². The van der Waals surface area contributed by atoms with Gasteiger partial charge in [0.05, 0.1) is 6.10 Å². The largest absolute Gasteiger partial charge is 0.391 e. The van der Waals surface area contributed by atoms with Crippen LogP contribution < -0.4 is 0 Å². The van der Waals surface area contributed by atoms with Crippen molar-refractivity contribution in [3.63, 3.8) is 0 Å². The Bertz CT molecular complexity index is 251. The topological polar surface area (TPSA) is 40.5 Å². The van der Waals surface area contributed by atoms with Crippen molar-refractivity contribution < 1.29 is 9.90 Å². The number of hydrogen-bond acceptors (Lipinski definition) is 2. The van der Waals surface area contributed by atoms with Gasteiger partial charge in [-0.25, -0.2) is 0 Å². The van der Waals surface area contributed by atoms with E-state index in [4.69, 9.17) is 0 Å². The number of hydrogen-bond donors (Lipinski definition) is 1. The number of β-amino-alcohol motifs (C(OH)–C–C–N with tert-alkyl or cyclic N) is 1. The number of aliphatic hydroxyl groups excluding tert-OH is 1. The predicted molar refractivity (Wildman–Crippen MR) is 49.8 cm³/mol. The molecule has 2 unspecified atom stereocenters. The highest BCUT2D eigenvalue weighted by Gasteiger charge is 2.26. The Morgan fingerprint density at radius 1 is 1.62 bits per heavy atom. The van der Waals surface area contributed by atoms with Crippen LogP contribution in [-0.4, -0.2) is 35.1 Å². The third kappa shape index (κ3) is 2.46. The lowest BCUT2D eigenvalue weighted by Gasteiger charge is -2.32. The Morgan fingerprint density at radius 3 is 2.85 bits per heavy atom. The second kappa shape index (κ2) is 4.29. The molecule has 3 heteroatoms. The van der Waals surface area contributed by atoms with E-state index in [9.17, 15) is 9.90 Å². The van der Waals surface area contributed by atoms with Crippen LogP contribution in [0.1, 0.15) is 20.3 Å². The Hall–Kier alpha value is -1.01. The molecule has 1 aliphatic rings. The number of likely N-dealkylation sites (tertiary alicyclic amines) is 1. The highest BCUT2D eigenvalue weighted by Crippen LogP contribution is 2.16. The van der Waals surface area contributed by atoms with Crippen molar-refractivity contribution in [1.29, 1.82) is 0 Å². The maximum Gasteiger partial charge on any atom is 0.298 e. The van der Waals surface area contributed by atoms with Crippen molar-refractivity contribution in [2.75, 3.05) is 13.1 Å².